The molecule has 9 aromatic rings. The third kappa shape index (κ3) is 4.57. The molecule has 3 aromatic heterocycles. The molecule has 0 spiro atoms. The van der Waals surface area contributed by atoms with Crippen LogP contribution in [0.25, 0.3) is 77.2 Å². The lowest BCUT2D eigenvalue weighted by atomic mass is 9.98. The average Bonchev–Trinajstić information content (AvgIpc) is 3.67. The van der Waals surface area contributed by atoms with E-state index in [1.807, 2.05) is 115 Å². The lowest BCUT2D eigenvalue weighted by Crippen LogP contribution is -2.07. The van der Waals surface area contributed by atoms with Crippen molar-refractivity contribution in [2.45, 2.75) is 6.18 Å². The van der Waals surface area contributed by atoms with Crippen LogP contribution in [0.1, 0.15) is 11.1 Å². The number of fused-ring (bicyclic) bond motifs is 6. The number of aromatic nitrogens is 3. The zero-order valence-electron chi connectivity index (χ0n) is 26.4. The van der Waals surface area contributed by atoms with Crippen molar-refractivity contribution >= 4 is 43.6 Å². The number of rotatable bonds is 4. The van der Waals surface area contributed by atoms with Crippen LogP contribution in [-0.2, 0) is 6.18 Å². The quantitative estimate of drug-likeness (QED) is 0.190. The molecule has 0 aliphatic heterocycles. The van der Waals surface area contributed by atoms with Gasteiger partial charge in [-0.05, 0) is 90.0 Å². The van der Waals surface area contributed by atoms with Crippen molar-refractivity contribution in [1.29, 1.82) is 5.26 Å². The van der Waals surface area contributed by atoms with Crippen LogP contribution in [0.3, 0.4) is 0 Å². The molecule has 0 saturated heterocycles. The van der Waals surface area contributed by atoms with Gasteiger partial charge in [0.15, 0.2) is 0 Å². The summed E-state index contributed by atoms with van der Waals surface area (Å²) in [5, 5.41) is 13.7. The van der Waals surface area contributed by atoms with Crippen LogP contribution >= 0.6 is 0 Å². The fourth-order valence-corrected chi connectivity index (χ4v) is 7.28. The highest BCUT2D eigenvalue weighted by molar-refractivity contribution is 6.12. The first-order valence-corrected chi connectivity index (χ1v) is 16.1. The molecule has 0 N–H and O–H groups in total. The summed E-state index contributed by atoms with van der Waals surface area (Å²) in [5.41, 5.74) is 7.92. The van der Waals surface area contributed by atoms with Gasteiger partial charge in [-0.1, -0.05) is 60.7 Å². The Morgan fingerprint density at radius 1 is 0.500 bits per heavy atom. The number of benzene rings is 6. The molecule has 0 unspecified atom stereocenters. The van der Waals surface area contributed by atoms with E-state index in [-0.39, 0.29) is 0 Å². The van der Waals surface area contributed by atoms with Gasteiger partial charge in [-0.3, -0.25) is 4.98 Å². The second-order valence-corrected chi connectivity index (χ2v) is 12.3. The van der Waals surface area contributed by atoms with Crippen LogP contribution in [-0.4, -0.2) is 14.1 Å². The molecule has 0 aliphatic carbocycles. The topological polar surface area (TPSA) is 46.5 Å². The van der Waals surface area contributed by atoms with Gasteiger partial charge in [-0.2, -0.15) is 18.4 Å². The third-order valence-electron chi connectivity index (χ3n) is 9.49. The number of nitriles is 1. The number of hydrogen-bond acceptors (Lipinski definition) is 2. The number of halogens is 3. The van der Waals surface area contributed by atoms with E-state index < -0.39 is 11.7 Å². The number of alkyl halides is 3. The molecule has 50 heavy (non-hydrogen) atoms. The third-order valence-corrected chi connectivity index (χ3v) is 9.49. The van der Waals surface area contributed by atoms with Gasteiger partial charge >= 0.3 is 6.18 Å². The Hall–Kier alpha value is -6.65. The molecule has 0 fully saturated rings. The van der Waals surface area contributed by atoms with Gasteiger partial charge in [-0.15, -0.1) is 0 Å². The van der Waals surface area contributed by atoms with Crippen molar-refractivity contribution < 1.29 is 13.2 Å². The minimum Gasteiger partial charge on any atom is -0.309 e. The van der Waals surface area contributed by atoms with Crippen LogP contribution < -0.4 is 0 Å². The molecule has 0 amide bonds. The highest BCUT2D eigenvalue weighted by atomic mass is 19.4. The molecule has 9 rings (SSSR count). The maximum absolute atomic E-state index is 14.3. The number of hydrogen-bond donors (Lipinski definition) is 0. The lowest BCUT2D eigenvalue weighted by Gasteiger charge is -2.17. The Bertz CT molecular complexity index is 2770. The standard InChI is InChI=1S/C43H25F3N4/c44-43(45,46)30-15-18-41(49-37-10-4-1-7-31(37)32-8-2-5-11-38(32)49)35(25-30)29-14-17-42-36(24-29)33-9-3-6-12-39(33)50(42)40-16-13-27(26-47)23-34(40)28-19-21-48-22-20-28/h1-25H. The first kappa shape index (κ1) is 29.5. The normalized spacial score (nSPS) is 11.9. The minimum absolute atomic E-state index is 0.473. The van der Waals surface area contributed by atoms with Crippen LogP contribution in [0.5, 0.6) is 0 Å². The minimum atomic E-state index is -4.52. The highest BCUT2D eigenvalue weighted by Crippen LogP contribution is 2.42. The molecule has 0 saturated carbocycles. The number of pyridine rings is 1. The Morgan fingerprint density at radius 3 is 1.60 bits per heavy atom. The van der Waals surface area contributed by atoms with Gasteiger partial charge in [0.2, 0.25) is 0 Å². The summed E-state index contributed by atoms with van der Waals surface area (Å²) in [4.78, 5) is 4.18. The Labute approximate surface area is 284 Å². The molecular weight excluding hydrogens is 629 g/mol. The van der Waals surface area contributed by atoms with E-state index in [1.54, 1.807) is 24.5 Å². The van der Waals surface area contributed by atoms with Crippen molar-refractivity contribution in [3.63, 3.8) is 0 Å². The maximum atomic E-state index is 14.3. The Balaban J connectivity index is 1.33. The molecule has 0 bridgehead atoms. The Morgan fingerprint density at radius 2 is 1.02 bits per heavy atom. The SMILES string of the molecule is N#Cc1ccc(-n2c3ccccc3c3cc(-c4cc(C(F)(F)F)ccc4-n4c5ccccc5c5ccccc54)ccc32)c(-c2ccncc2)c1. The second kappa shape index (κ2) is 11.2. The zero-order valence-corrected chi connectivity index (χ0v) is 26.4. The van der Waals surface area contributed by atoms with Crippen LogP contribution in [0.4, 0.5) is 13.2 Å². The van der Waals surface area contributed by atoms with Crippen molar-refractivity contribution in [2.75, 3.05) is 0 Å². The van der Waals surface area contributed by atoms with Crippen molar-refractivity contribution in [3.8, 4) is 39.7 Å². The predicted molar refractivity (Wildman–Crippen MR) is 194 cm³/mol. The van der Waals surface area contributed by atoms with Crippen LogP contribution in [0, 0.1) is 11.3 Å². The van der Waals surface area contributed by atoms with E-state index in [2.05, 4.69) is 20.2 Å². The summed E-state index contributed by atoms with van der Waals surface area (Å²) in [5.74, 6) is 0. The highest BCUT2D eigenvalue weighted by Gasteiger charge is 2.32. The monoisotopic (exact) mass is 654 g/mol. The second-order valence-electron chi connectivity index (χ2n) is 12.3. The van der Waals surface area contributed by atoms with E-state index in [0.29, 0.717) is 22.4 Å². The smallest absolute Gasteiger partial charge is 0.309 e. The average molecular weight is 655 g/mol. The Kier molecular flexibility index (Phi) is 6.61. The van der Waals surface area contributed by atoms with E-state index in [1.165, 1.54) is 6.07 Å². The largest absolute Gasteiger partial charge is 0.416 e. The summed E-state index contributed by atoms with van der Waals surface area (Å²) in [6.45, 7) is 0. The molecular formula is C43H25F3N4. The first-order valence-electron chi connectivity index (χ1n) is 16.1. The summed E-state index contributed by atoms with van der Waals surface area (Å²) >= 11 is 0. The molecule has 238 valence electrons. The van der Waals surface area contributed by atoms with Gasteiger partial charge in [0, 0.05) is 45.1 Å². The summed E-state index contributed by atoms with van der Waals surface area (Å²) < 4.78 is 47.2. The molecule has 7 heteroatoms. The summed E-state index contributed by atoms with van der Waals surface area (Å²) in [6.07, 6.45) is -1.08. The maximum Gasteiger partial charge on any atom is 0.416 e. The van der Waals surface area contributed by atoms with Crippen molar-refractivity contribution in [2.24, 2.45) is 0 Å². The van der Waals surface area contributed by atoms with Gasteiger partial charge in [0.1, 0.15) is 0 Å². The fourth-order valence-electron chi connectivity index (χ4n) is 7.28. The van der Waals surface area contributed by atoms with Gasteiger partial charge < -0.3 is 9.13 Å². The molecule has 0 radical (unpaired) electrons. The predicted octanol–water partition coefficient (Wildman–Crippen LogP) is 11.5. The van der Waals surface area contributed by atoms with E-state index in [0.717, 1.165) is 66.5 Å². The van der Waals surface area contributed by atoms with Crippen molar-refractivity contribution in [1.82, 2.24) is 14.1 Å². The van der Waals surface area contributed by atoms with E-state index in [9.17, 15) is 18.4 Å². The van der Waals surface area contributed by atoms with Gasteiger partial charge in [-0.25, -0.2) is 0 Å². The van der Waals surface area contributed by atoms with Gasteiger partial charge in [0.25, 0.3) is 0 Å². The fraction of sp³-hybridized carbons (Fsp3) is 0.0233. The van der Waals surface area contributed by atoms with Crippen molar-refractivity contribution in [3.05, 3.63) is 163 Å². The molecule has 6 aromatic carbocycles. The van der Waals surface area contributed by atoms with Gasteiger partial charge in [0.05, 0.1) is 50.6 Å². The number of para-hydroxylation sites is 3. The van der Waals surface area contributed by atoms with E-state index in [4.69, 9.17) is 0 Å². The van der Waals surface area contributed by atoms with Crippen LogP contribution in [0.2, 0.25) is 0 Å². The lowest BCUT2D eigenvalue weighted by molar-refractivity contribution is -0.137. The molecule has 3 heterocycles. The van der Waals surface area contributed by atoms with E-state index >= 15 is 0 Å². The van der Waals surface area contributed by atoms with Crippen LogP contribution in [0.15, 0.2) is 152 Å². The zero-order chi connectivity index (χ0) is 34.0. The molecule has 4 nitrogen and oxygen atoms in total. The molecule has 0 aliphatic rings. The summed E-state index contributed by atoms with van der Waals surface area (Å²) in [6, 6.07) is 45.6. The first-order chi connectivity index (χ1) is 24.4. The number of nitrogens with zero attached hydrogens (tertiary/aromatic N) is 4. The summed E-state index contributed by atoms with van der Waals surface area (Å²) in [7, 11) is 0. The molecule has 0 atom stereocenters.